The topological polar surface area (TPSA) is 81.8 Å². The van der Waals surface area contributed by atoms with Crippen LogP contribution in [0.1, 0.15) is 0 Å². The molecule has 114 valence electrons. The van der Waals surface area contributed by atoms with Gasteiger partial charge in [0, 0.05) is 29.9 Å². The minimum absolute atomic E-state index is 0.0536. The average molecular weight is 329 g/mol. The number of aliphatic hydroxyl groups is 1. The number of benzene rings is 1. The number of nitrogens with zero attached hydrogens (tertiary/aromatic N) is 1. The van der Waals surface area contributed by atoms with Gasteiger partial charge in [0.15, 0.2) is 0 Å². The van der Waals surface area contributed by atoms with Gasteiger partial charge in [-0.2, -0.15) is 0 Å². The number of methoxy groups -OCH3 is 1. The van der Waals surface area contributed by atoms with Crippen LogP contribution in [-0.2, 0) is 9.47 Å². The van der Waals surface area contributed by atoms with Crippen molar-refractivity contribution in [2.75, 3.05) is 12.9 Å². The summed E-state index contributed by atoms with van der Waals surface area (Å²) in [5.41, 5.74) is 0.0762. The minimum atomic E-state index is -0.634. The van der Waals surface area contributed by atoms with Gasteiger partial charge in [-0.15, -0.1) is 23.5 Å². The van der Waals surface area contributed by atoms with Crippen molar-refractivity contribution < 1.29 is 19.5 Å². The molecule has 21 heavy (non-hydrogen) atoms. The maximum atomic E-state index is 10.6. The van der Waals surface area contributed by atoms with Crippen molar-refractivity contribution in [3.05, 3.63) is 34.4 Å². The standard InChI is InChI=1S/C13H15NO5S2/c1-18-11-9-6-20-13(12(19-9)10(11)15)21-8-4-2-7(3-5-8)14(16)17/h2-5,9-13,15H,6H2,1H3/t9-,10+,11-,12+,13-/m1/s1. The molecule has 8 heteroatoms. The average Bonchev–Trinajstić information content (AvgIpc) is 2.74. The molecule has 3 rings (SSSR count). The van der Waals surface area contributed by atoms with E-state index in [0.29, 0.717) is 0 Å². The van der Waals surface area contributed by atoms with E-state index in [4.69, 9.17) is 9.47 Å². The van der Waals surface area contributed by atoms with Gasteiger partial charge in [-0.05, 0) is 12.1 Å². The first kappa shape index (κ1) is 15.1. The third-order valence-corrected chi connectivity index (χ3v) is 6.50. The predicted molar refractivity (Wildman–Crippen MR) is 80.7 cm³/mol. The fraction of sp³-hybridized carbons (Fsp3) is 0.538. The van der Waals surface area contributed by atoms with Crippen molar-refractivity contribution in [1.29, 1.82) is 0 Å². The fourth-order valence-corrected chi connectivity index (χ4v) is 5.41. The molecule has 0 aliphatic carbocycles. The Morgan fingerprint density at radius 3 is 2.81 bits per heavy atom. The second-order valence-corrected chi connectivity index (χ2v) is 7.59. The Balaban J connectivity index is 1.69. The first-order valence-corrected chi connectivity index (χ1v) is 8.42. The molecule has 0 saturated carbocycles. The normalized spacial score (nSPS) is 34.9. The monoisotopic (exact) mass is 329 g/mol. The van der Waals surface area contributed by atoms with E-state index >= 15 is 0 Å². The van der Waals surface area contributed by atoms with Gasteiger partial charge in [-0.25, -0.2) is 0 Å². The lowest BCUT2D eigenvalue weighted by Crippen LogP contribution is -2.35. The van der Waals surface area contributed by atoms with E-state index in [2.05, 4.69) is 0 Å². The van der Waals surface area contributed by atoms with E-state index in [1.807, 2.05) is 0 Å². The maximum Gasteiger partial charge on any atom is 0.269 e. The molecule has 0 radical (unpaired) electrons. The van der Waals surface area contributed by atoms with Crippen LogP contribution in [0.15, 0.2) is 29.2 Å². The number of thioether (sulfide) groups is 2. The Hall–Kier alpha value is -0.800. The van der Waals surface area contributed by atoms with Gasteiger partial charge >= 0.3 is 0 Å². The van der Waals surface area contributed by atoms with Crippen molar-refractivity contribution in [1.82, 2.24) is 0 Å². The predicted octanol–water partition coefficient (Wildman–Crippen LogP) is 1.90. The van der Waals surface area contributed by atoms with Crippen LogP contribution in [0.2, 0.25) is 0 Å². The lowest BCUT2D eigenvalue weighted by atomic mass is 10.1. The van der Waals surface area contributed by atoms with Crippen LogP contribution >= 0.6 is 23.5 Å². The summed E-state index contributed by atoms with van der Waals surface area (Å²) in [6, 6.07) is 6.43. The molecule has 2 bridgehead atoms. The molecule has 2 heterocycles. The quantitative estimate of drug-likeness (QED) is 0.667. The molecule has 1 N–H and O–H groups in total. The van der Waals surface area contributed by atoms with Crippen molar-refractivity contribution in [2.24, 2.45) is 0 Å². The van der Waals surface area contributed by atoms with E-state index in [1.54, 1.807) is 42.8 Å². The minimum Gasteiger partial charge on any atom is -0.388 e. The highest BCUT2D eigenvalue weighted by molar-refractivity contribution is 8.17. The zero-order valence-corrected chi connectivity index (χ0v) is 12.9. The summed E-state index contributed by atoms with van der Waals surface area (Å²) in [4.78, 5) is 11.2. The number of nitro benzene ring substituents is 1. The Bertz CT molecular complexity index is 526. The number of non-ortho nitro benzene ring substituents is 1. The number of rotatable bonds is 4. The largest absolute Gasteiger partial charge is 0.388 e. The Kier molecular flexibility index (Phi) is 4.41. The second-order valence-electron chi connectivity index (χ2n) is 4.90. The number of hydrogen-bond donors (Lipinski definition) is 1. The van der Waals surface area contributed by atoms with Gasteiger partial charge in [0.1, 0.15) is 18.3 Å². The molecule has 2 fully saturated rings. The van der Waals surface area contributed by atoms with Gasteiger partial charge in [0.2, 0.25) is 0 Å². The Morgan fingerprint density at radius 2 is 2.19 bits per heavy atom. The third-order valence-electron chi connectivity index (χ3n) is 3.64. The molecule has 5 atom stereocenters. The van der Waals surface area contributed by atoms with Crippen molar-refractivity contribution in [3.63, 3.8) is 0 Å². The summed E-state index contributed by atoms with van der Waals surface area (Å²) >= 11 is 3.29. The van der Waals surface area contributed by atoms with Crippen LogP contribution in [-0.4, -0.2) is 51.9 Å². The van der Waals surface area contributed by atoms with Gasteiger partial charge in [0.25, 0.3) is 5.69 Å². The molecular weight excluding hydrogens is 314 g/mol. The molecular formula is C13H15NO5S2. The second kappa shape index (κ2) is 6.13. The molecule has 6 nitrogen and oxygen atoms in total. The van der Waals surface area contributed by atoms with Crippen LogP contribution in [0.4, 0.5) is 5.69 Å². The van der Waals surface area contributed by atoms with Crippen LogP contribution in [0.25, 0.3) is 0 Å². The number of nitro groups is 1. The first-order valence-electron chi connectivity index (χ1n) is 6.49. The molecule has 2 aliphatic rings. The number of aliphatic hydroxyl groups excluding tert-OH is 1. The fourth-order valence-electron chi connectivity index (χ4n) is 2.58. The van der Waals surface area contributed by atoms with Gasteiger partial charge in [0.05, 0.1) is 15.6 Å². The zero-order chi connectivity index (χ0) is 15.0. The van der Waals surface area contributed by atoms with E-state index in [1.165, 1.54) is 12.1 Å². The SMILES string of the molecule is CO[C@H]1[C@H](O)[C@@H]2O[C@@H]1CS[C@@H]2Sc1ccc([N+](=O)[O-])cc1. The Labute approximate surface area is 130 Å². The van der Waals surface area contributed by atoms with E-state index < -0.39 is 11.0 Å². The molecule has 0 amide bonds. The lowest BCUT2D eigenvalue weighted by Gasteiger charge is -2.28. The molecule has 2 saturated heterocycles. The summed E-state index contributed by atoms with van der Waals surface area (Å²) in [5.74, 6) is 0.775. The van der Waals surface area contributed by atoms with Crippen molar-refractivity contribution in [3.8, 4) is 0 Å². The summed E-state index contributed by atoms with van der Waals surface area (Å²) in [5, 5.41) is 20.9. The van der Waals surface area contributed by atoms with Crippen molar-refractivity contribution in [2.45, 2.75) is 33.9 Å². The van der Waals surface area contributed by atoms with E-state index in [-0.39, 0.29) is 28.6 Å². The van der Waals surface area contributed by atoms with Crippen molar-refractivity contribution >= 4 is 29.2 Å². The highest BCUT2D eigenvalue weighted by Crippen LogP contribution is 2.45. The summed E-state index contributed by atoms with van der Waals surface area (Å²) in [6.07, 6.45) is -1.25. The summed E-state index contributed by atoms with van der Waals surface area (Å²) in [6.45, 7) is 0. The molecule has 2 aliphatic heterocycles. The lowest BCUT2D eigenvalue weighted by molar-refractivity contribution is -0.384. The number of fused-ring (bicyclic) bond motifs is 2. The van der Waals surface area contributed by atoms with Crippen LogP contribution in [0.5, 0.6) is 0 Å². The molecule has 0 unspecified atom stereocenters. The molecule has 0 aromatic heterocycles. The van der Waals surface area contributed by atoms with Gasteiger partial charge in [-0.1, -0.05) is 0 Å². The summed E-state index contributed by atoms with van der Waals surface area (Å²) < 4.78 is 11.2. The number of ether oxygens (including phenoxy) is 2. The Morgan fingerprint density at radius 1 is 1.48 bits per heavy atom. The van der Waals surface area contributed by atoms with Crippen LogP contribution in [0, 0.1) is 10.1 Å². The smallest absolute Gasteiger partial charge is 0.269 e. The van der Waals surface area contributed by atoms with Crippen LogP contribution in [0.3, 0.4) is 0 Å². The maximum absolute atomic E-state index is 10.6. The highest BCUT2D eigenvalue weighted by atomic mass is 32.2. The first-order chi connectivity index (χ1) is 10.1. The van der Waals surface area contributed by atoms with Gasteiger partial charge < -0.3 is 14.6 Å². The zero-order valence-electron chi connectivity index (χ0n) is 11.2. The van der Waals surface area contributed by atoms with E-state index in [0.717, 1.165) is 10.6 Å². The summed E-state index contributed by atoms with van der Waals surface area (Å²) in [7, 11) is 1.58. The van der Waals surface area contributed by atoms with Gasteiger partial charge in [-0.3, -0.25) is 10.1 Å². The van der Waals surface area contributed by atoms with E-state index in [9.17, 15) is 15.2 Å². The third kappa shape index (κ3) is 2.91. The highest BCUT2D eigenvalue weighted by Gasteiger charge is 2.51. The molecule has 1 aromatic carbocycles. The molecule has 0 spiro atoms. The number of hydrogen-bond acceptors (Lipinski definition) is 7. The van der Waals surface area contributed by atoms with Crippen LogP contribution < -0.4 is 0 Å². The molecule has 1 aromatic rings.